The predicted octanol–water partition coefficient (Wildman–Crippen LogP) is 4.42. The Hall–Kier alpha value is -2.60. The van der Waals surface area contributed by atoms with Crippen LogP contribution in [-0.2, 0) is 11.3 Å². The van der Waals surface area contributed by atoms with Crippen molar-refractivity contribution >= 4 is 5.91 Å². The molecular weight excluding hydrogens is 383 g/mol. The van der Waals surface area contributed by atoms with Gasteiger partial charge < -0.3 is 14.4 Å². The number of hydrogen-bond acceptors (Lipinski definition) is 4. The number of halogens is 1. The van der Waals surface area contributed by atoms with Crippen molar-refractivity contribution in [3.63, 3.8) is 0 Å². The van der Waals surface area contributed by atoms with E-state index in [1.54, 1.807) is 31.2 Å². The molecule has 1 unspecified atom stereocenters. The lowest BCUT2D eigenvalue weighted by atomic mass is 10.0. The lowest BCUT2D eigenvalue weighted by Gasteiger charge is -2.31. The van der Waals surface area contributed by atoms with Crippen molar-refractivity contribution in [1.82, 2.24) is 9.80 Å². The second-order valence-electron chi connectivity index (χ2n) is 7.83. The van der Waals surface area contributed by atoms with Gasteiger partial charge in [0.15, 0.2) is 11.6 Å². The molecular formula is C24H31FN2O3. The molecule has 2 aromatic carbocycles. The van der Waals surface area contributed by atoms with E-state index in [1.165, 1.54) is 25.2 Å². The fourth-order valence-electron chi connectivity index (χ4n) is 4.03. The molecule has 1 saturated heterocycles. The van der Waals surface area contributed by atoms with E-state index in [2.05, 4.69) is 17.0 Å². The zero-order valence-electron chi connectivity index (χ0n) is 18.1. The van der Waals surface area contributed by atoms with Crippen molar-refractivity contribution in [2.24, 2.45) is 0 Å². The van der Waals surface area contributed by atoms with Crippen LogP contribution in [-0.4, -0.2) is 50.1 Å². The van der Waals surface area contributed by atoms with Crippen molar-refractivity contribution in [1.29, 1.82) is 0 Å². The summed E-state index contributed by atoms with van der Waals surface area (Å²) in [7, 11) is 4.87. The summed E-state index contributed by atoms with van der Waals surface area (Å²) >= 11 is 0. The van der Waals surface area contributed by atoms with Gasteiger partial charge in [-0.25, -0.2) is 4.39 Å². The smallest absolute Gasteiger partial charge is 0.236 e. The van der Waals surface area contributed by atoms with Crippen LogP contribution < -0.4 is 9.47 Å². The molecule has 1 amide bonds. The van der Waals surface area contributed by atoms with Gasteiger partial charge in [-0.2, -0.15) is 0 Å². The molecule has 1 fully saturated rings. The highest BCUT2D eigenvalue weighted by atomic mass is 19.1. The van der Waals surface area contributed by atoms with E-state index in [-0.39, 0.29) is 17.7 Å². The minimum absolute atomic E-state index is 0.0339. The molecule has 6 heteroatoms. The summed E-state index contributed by atoms with van der Waals surface area (Å²) in [5.74, 6) is 0.663. The standard InChI is InChI=1S/C24H31FN2O3/c1-26(16-18-8-13-23(30-3)21(25)15-18)24(28)17-27-14-6-4-5-7-22(27)19-9-11-20(29-2)12-10-19/h8-13,15,22H,4-7,14,16-17H2,1-3H3. The van der Waals surface area contributed by atoms with Gasteiger partial charge in [0.05, 0.1) is 20.8 Å². The monoisotopic (exact) mass is 414 g/mol. The molecule has 5 nitrogen and oxygen atoms in total. The number of amides is 1. The first-order chi connectivity index (χ1) is 14.5. The Kier molecular flexibility index (Phi) is 7.69. The van der Waals surface area contributed by atoms with Crippen LogP contribution in [0.3, 0.4) is 0 Å². The first-order valence-electron chi connectivity index (χ1n) is 10.5. The Labute approximate surface area is 178 Å². The maximum atomic E-state index is 14.0. The van der Waals surface area contributed by atoms with Crippen LogP contribution >= 0.6 is 0 Å². The molecule has 2 aromatic rings. The number of methoxy groups -OCH3 is 2. The molecule has 0 N–H and O–H groups in total. The molecule has 162 valence electrons. The van der Waals surface area contributed by atoms with E-state index in [1.807, 2.05) is 12.1 Å². The van der Waals surface area contributed by atoms with Gasteiger partial charge in [0.1, 0.15) is 5.75 Å². The molecule has 1 atom stereocenters. The van der Waals surface area contributed by atoms with Gasteiger partial charge in [-0.15, -0.1) is 0 Å². The van der Waals surface area contributed by atoms with Gasteiger partial charge in [0.25, 0.3) is 0 Å². The topological polar surface area (TPSA) is 42.0 Å². The third-order valence-electron chi connectivity index (χ3n) is 5.76. The summed E-state index contributed by atoms with van der Waals surface area (Å²) in [4.78, 5) is 16.9. The minimum atomic E-state index is -0.414. The van der Waals surface area contributed by atoms with Gasteiger partial charge >= 0.3 is 0 Å². The van der Waals surface area contributed by atoms with Crippen LogP contribution in [0.5, 0.6) is 11.5 Å². The normalized spacial score (nSPS) is 17.3. The molecule has 0 bridgehead atoms. The first kappa shape index (κ1) is 22.1. The van der Waals surface area contributed by atoms with Crippen molar-refractivity contribution in [2.75, 3.05) is 34.4 Å². The van der Waals surface area contributed by atoms with E-state index >= 15 is 0 Å². The van der Waals surface area contributed by atoms with Crippen LogP contribution in [0.15, 0.2) is 42.5 Å². The van der Waals surface area contributed by atoms with Gasteiger partial charge in [0.2, 0.25) is 5.91 Å². The summed E-state index contributed by atoms with van der Waals surface area (Å²) in [6.45, 7) is 1.61. The Morgan fingerprint density at radius 1 is 1.10 bits per heavy atom. The summed E-state index contributed by atoms with van der Waals surface area (Å²) in [6, 6.07) is 13.2. The Morgan fingerprint density at radius 3 is 2.53 bits per heavy atom. The lowest BCUT2D eigenvalue weighted by molar-refractivity contribution is -0.132. The highest BCUT2D eigenvalue weighted by Gasteiger charge is 2.25. The summed E-state index contributed by atoms with van der Waals surface area (Å²) in [6.07, 6.45) is 4.46. The minimum Gasteiger partial charge on any atom is -0.497 e. The molecule has 0 spiro atoms. The average molecular weight is 415 g/mol. The lowest BCUT2D eigenvalue weighted by Crippen LogP contribution is -2.40. The van der Waals surface area contributed by atoms with Crippen LogP contribution in [0.1, 0.15) is 42.9 Å². The van der Waals surface area contributed by atoms with E-state index in [0.29, 0.717) is 13.1 Å². The Balaban J connectivity index is 1.67. The predicted molar refractivity (Wildman–Crippen MR) is 115 cm³/mol. The molecule has 0 saturated carbocycles. The van der Waals surface area contributed by atoms with Crippen LogP contribution in [0, 0.1) is 5.82 Å². The molecule has 3 rings (SSSR count). The van der Waals surface area contributed by atoms with E-state index in [4.69, 9.17) is 9.47 Å². The molecule has 1 heterocycles. The Bertz CT molecular complexity index is 841. The van der Waals surface area contributed by atoms with Crippen molar-refractivity contribution in [3.05, 3.63) is 59.4 Å². The number of ether oxygens (including phenoxy) is 2. The zero-order valence-corrected chi connectivity index (χ0v) is 18.1. The highest BCUT2D eigenvalue weighted by Crippen LogP contribution is 2.31. The van der Waals surface area contributed by atoms with E-state index in [0.717, 1.165) is 37.1 Å². The zero-order chi connectivity index (χ0) is 21.5. The quantitative estimate of drug-likeness (QED) is 0.673. The van der Waals surface area contributed by atoms with Gasteiger partial charge in [-0.3, -0.25) is 9.69 Å². The third kappa shape index (κ3) is 5.51. The van der Waals surface area contributed by atoms with Gasteiger partial charge in [0, 0.05) is 19.6 Å². The van der Waals surface area contributed by atoms with Gasteiger partial charge in [-0.05, 0) is 54.8 Å². The summed E-state index contributed by atoms with van der Waals surface area (Å²) in [5, 5.41) is 0. The highest BCUT2D eigenvalue weighted by molar-refractivity contribution is 5.78. The molecule has 0 radical (unpaired) electrons. The Morgan fingerprint density at radius 2 is 1.87 bits per heavy atom. The SMILES string of the molecule is COc1ccc(C2CCCCCN2CC(=O)N(C)Cc2ccc(OC)c(F)c2)cc1. The van der Waals surface area contributed by atoms with Crippen LogP contribution in [0.25, 0.3) is 0 Å². The molecule has 1 aliphatic heterocycles. The van der Waals surface area contributed by atoms with Crippen molar-refractivity contribution in [2.45, 2.75) is 38.3 Å². The number of carbonyl (C=O) groups is 1. The molecule has 0 aromatic heterocycles. The molecule has 0 aliphatic carbocycles. The third-order valence-corrected chi connectivity index (χ3v) is 5.76. The number of nitrogens with zero attached hydrogens (tertiary/aromatic N) is 2. The fraction of sp³-hybridized carbons (Fsp3) is 0.458. The van der Waals surface area contributed by atoms with Crippen molar-refractivity contribution < 1.29 is 18.7 Å². The largest absolute Gasteiger partial charge is 0.497 e. The number of benzene rings is 2. The van der Waals surface area contributed by atoms with Crippen LogP contribution in [0.2, 0.25) is 0 Å². The second-order valence-corrected chi connectivity index (χ2v) is 7.83. The van der Waals surface area contributed by atoms with E-state index in [9.17, 15) is 9.18 Å². The average Bonchev–Trinajstić information content (AvgIpc) is 2.99. The summed E-state index contributed by atoms with van der Waals surface area (Å²) < 4.78 is 24.2. The number of likely N-dealkylation sites (N-methyl/N-ethyl adjacent to an activating group) is 1. The first-order valence-corrected chi connectivity index (χ1v) is 10.5. The summed E-state index contributed by atoms with van der Waals surface area (Å²) in [5.41, 5.74) is 1.96. The molecule has 1 aliphatic rings. The van der Waals surface area contributed by atoms with Gasteiger partial charge in [-0.1, -0.05) is 31.0 Å². The number of likely N-dealkylation sites (tertiary alicyclic amines) is 1. The second kappa shape index (κ2) is 10.4. The maximum absolute atomic E-state index is 14.0. The number of carbonyl (C=O) groups excluding carboxylic acids is 1. The number of hydrogen-bond donors (Lipinski definition) is 0. The maximum Gasteiger partial charge on any atom is 0.236 e. The molecule has 30 heavy (non-hydrogen) atoms. The van der Waals surface area contributed by atoms with E-state index < -0.39 is 5.82 Å². The van der Waals surface area contributed by atoms with Crippen LogP contribution in [0.4, 0.5) is 4.39 Å². The number of rotatable bonds is 7. The fourth-order valence-corrected chi connectivity index (χ4v) is 4.03. The van der Waals surface area contributed by atoms with Crippen molar-refractivity contribution in [3.8, 4) is 11.5 Å².